The van der Waals surface area contributed by atoms with Crippen molar-refractivity contribution in [2.75, 3.05) is 67.2 Å². The van der Waals surface area contributed by atoms with Crippen LogP contribution in [0.3, 0.4) is 0 Å². The predicted octanol–water partition coefficient (Wildman–Crippen LogP) is 3.60. The number of likely N-dealkylation sites (N-methyl/N-ethyl adjacent to an activating group) is 1. The van der Waals surface area contributed by atoms with Crippen molar-refractivity contribution >= 4 is 11.0 Å². The smallest absolute Gasteiger partial charge is 0.204 e. The first-order chi connectivity index (χ1) is 17.5. The van der Waals surface area contributed by atoms with Crippen LogP contribution in [0.4, 0.5) is 0 Å². The van der Waals surface area contributed by atoms with Gasteiger partial charge in [-0.25, -0.2) is 0 Å². The summed E-state index contributed by atoms with van der Waals surface area (Å²) in [6.45, 7) is 8.93. The van der Waals surface area contributed by atoms with Crippen LogP contribution in [0.1, 0.15) is 13.3 Å². The standard InChI is InChI=1S/C27H34N2O7/c1-5-28-10-12-29(13-11-28)9-6-14-35-24-17-23-25(26(31)27(24)34-4)19(30)16-21(36-23)18-7-8-20(32-2)22(15-18)33-3/h7-8,15-17,31H,5-6,9-14H2,1-4H3. The van der Waals surface area contributed by atoms with Gasteiger partial charge in [0, 0.05) is 50.4 Å². The molecule has 9 heteroatoms. The topological polar surface area (TPSA) is 93.8 Å². The summed E-state index contributed by atoms with van der Waals surface area (Å²) in [7, 11) is 4.52. The molecule has 36 heavy (non-hydrogen) atoms. The highest BCUT2D eigenvalue weighted by Crippen LogP contribution is 2.42. The Labute approximate surface area is 210 Å². The van der Waals surface area contributed by atoms with Crippen LogP contribution in [-0.4, -0.2) is 82.1 Å². The van der Waals surface area contributed by atoms with Gasteiger partial charge in [-0.2, -0.15) is 0 Å². The number of hydrogen-bond acceptors (Lipinski definition) is 9. The highest BCUT2D eigenvalue weighted by Gasteiger charge is 2.21. The van der Waals surface area contributed by atoms with Crippen LogP contribution in [-0.2, 0) is 0 Å². The quantitative estimate of drug-likeness (QED) is 0.421. The van der Waals surface area contributed by atoms with E-state index in [2.05, 4.69) is 16.7 Å². The fraction of sp³-hybridized carbons (Fsp3) is 0.444. The number of ether oxygens (including phenoxy) is 4. The molecule has 194 valence electrons. The fourth-order valence-corrected chi connectivity index (χ4v) is 4.50. The first-order valence-corrected chi connectivity index (χ1v) is 12.2. The molecule has 0 saturated carbocycles. The Morgan fingerprint density at radius 1 is 0.917 bits per heavy atom. The average Bonchev–Trinajstić information content (AvgIpc) is 2.90. The Balaban J connectivity index is 1.56. The van der Waals surface area contributed by atoms with Gasteiger partial charge in [0.1, 0.15) is 16.7 Å². The Morgan fingerprint density at radius 2 is 1.64 bits per heavy atom. The van der Waals surface area contributed by atoms with E-state index in [1.54, 1.807) is 31.4 Å². The summed E-state index contributed by atoms with van der Waals surface area (Å²) in [5, 5.41) is 10.9. The number of benzene rings is 2. The third-order valence-electron chi connectivity index (χ3n) is 6.57. The Morgan fingerprint density at radius 3 is 2.31 bits per heavy atom. The van der Waals surface area contributed by atoms with E-state index >= 15 is 0 Å². The van der Waals surface area contributed by atoms with Crippen molar-refractivity contribution in [3.05, 3.63) is 40.6 Å². The molecule has 3 aromatic rings. The molecular weight excluding hydrogens is 464 g/mol. The first-order valence-electron chi connectivity index (χ1n) is 12.2. The molecule has 1 fully saturated rings. The molecule has 0 bridgehead atoms. The van der Waals surface area contributed by atoms with E-state index in [0.29, 0.717) is 35.2 Å². The molecule has 2 aromatic carbocycles. The summed E-state index contributed by atoms with van der Waals surface area (Å²) >= 11 is 0. The maximum atomic E-state index is 12.9. The predicted molar refractivity (Wildman–Crippen MR) is 138 cm³/mol. The largest absolute Gasteiger partial charge is 0.504 e. The van der Waals surface area contributed by atoms with Gasteiger partial charge < -0.3 is 38.3 Å². The number of hydrogen-bond donors (Lipinski definition) is 1. The van der Waals surface area contributed by atoms with Gasteiger partial charge in [-0.05, 0) is 31.2 Å². The Hall–Kier alpha value is -3.43. The maximum Gasteiger partial charge on any atom is 0.204 e. The minimum atomic E-state index is -0.394. The minimum absolute atomic E-state index is 0.0391. The number of piperazine rings is 1. The number of phenols is 1. The summed E-state index contributed by atoms with van der Waals surface area (Å²) in [6.07, 6.45) is 0.823. The molecule has 9 nitrogen and oxygen atoms in total. The van der Waals surface area contributed by atoms with E-state index in [9.17, 15) is 9.90 Å². The van der Waals surface area contributed by atoms with Crippen molar-refractivity contribution in [1.29, 1.82) is 0 Å². The Kier molecular flexibility index (Phi) is 8.22. The molecule has 0 atom stereocenters. The van der Waals surface area contributed by atoms with Gasteiger partial charge in [0.25, 0.3) is 0 Å². The van der Waals surface area contributed by atoms with Crippen molar-refractivity contribution in [2.24, 2.45) is 0 Å². The zero-order valence-electron chi connectivity index (χ0n) is 21.3. The zero-order chi connectivity index (χ0) is 25.7. The molecule has 1 saturated heterocycles. The highest BCUT2D eigenvalue weighted by atomic mass is 16.5. The van der Waals surface area contributed by atoms with Gasteiger partial charge in [0.05, 0.1) is 27.9 Å². The number of methoxy groups -OCH3 is 3. The molecule has 0 spiro atoms. The lowest BCUT2D eigenvalue weighted by Crippen LogP contribution is -2.46. The van der Waals surface area contributed by atoms with Crippen molar-refractivity contribution in [3.8, 4) is 40.1 Å². The molecule has 0 unspecified atom stereocenters. The van der Waals surface area contributed by atoms with Gasteiger partial charge >= 0.3 is 0 Å². The van der Waals surface area contributed by atoms with Crippen LogP contribution in [0.2, 0.25) is 0 Å². The zero-order valence-corrected chi connectivity index (χ0v) is 21.3. The third-order valence-corrected chi connectivity index (χ3v) is 6.57. The van der Waals surface area contributed by atoms with Crippen LogP contribution in [0.5, 0.6) is 28.7 Å². The van der Waals surface area contributed by atoms with Crippen LogP contribution < -0.4 is 24.4 Å². The molecule has 0 aliphatic carbocycles. The third kappa shape index (κ3) is 5.37. The lowest BCUT2D eigenvalue weighted by molar-refractivity contribution is 0.130. The summed E-state index contributed by atoms with van der Waals surface area (Å²) in [5.74, 6) is 1.55. The van der Waals surface area contributed by atoms with Crippen molar-refractivity contribution in [1.82, 2.24) is 9.80 Å². The first kappa shape index (κ1) is 25.7. The van der Waals surface area contributed by atoms with E-state index in [1.807, 2.05) is 0 Å². The monoisotopic (exact) mass is 498 g/mol. The molecule has 0 amide bonds. The number of fused-ring (bicyclic) bond motifs is 1. The number of phenolic OH excluding ortho intramolecular Hbond substituents is 1. The highest BCUT2D eigenvalue weighted by molar-refractivity contribution is 5.89. The van der Waals surface area contributed by atoms with Gasteiger partial charge in [-0.3, -0.25) is 4.79 Å². The lowest BCUT2D eigenvalue weighted by Gasteiger charge is -2.33. The number of rotatable bonds is 10. The fourth-order valence-electron chi connectivity index (χ4n) is 4.50. The molecule has 1 N–H and O–H groups in total. The normalized spacial score (nSPS) is 14.7. The molecule has 4 rings (SSSR count). The van der Waals surface area contributed by atoms with Gasteiger partial charge in [-0.1, -0.05) is 6.92 Å². The van der Waals surface area contributed by atoms with E-state index in [4.69, 9.17) is 23.4 Å². The second kappa shape index (κ2) is 11.5. The number of aromatic hydroxyl groups is 1. The van der Waals surface area contributed by atoms with Crippen LogP contribution >= 0.6 is 0 Å². The summed E-state index contributed by atoms with van der Waals surface area (Å²) in [5.41, 5.74) is 0.443. The summed E-state index contributed by atoms with van der Waals surface area (Å²) in [4.78, 5) is 17.8. The molecule has 1 aromatic heterocycles. The molecule has 0 radical (unpaired) electrons. The van der Waals surface area contributed by atoms with Crippen molar-refractivity contribution in [3.63, 3.8) is 0 Å². The molecule has 2 heterocycles. The van der Waals surface area contributed by atoms with Gasteiger partial charge in [0.15, 0.2) is 28.4 Å². The SMILES string of the molecule is CCN1CCN(CCCOc2cc3oc(-c4ccc(OC)c(OC)c4)cc(=O)c3c(O)c2OC)CC1. The lowest BCUT2D eigenvalue weighted by atomic mass is 10.1. The van der Waals surface area contributed by atoms with E-state index in [-0.39, 0.29) is 22.5 Å². The van der Waals surface area contributed by atoms with Crippen molar-refractivity contribution < 1.29 is 28.5 Å². The molecule has 1 aliphatic rings. The van der Waals surface area contributed by atoms with Gasteiger partial charge in [0.2, 0.25) is 5.75 Å². The van der Waals surface area contributed by atoms with Crippen LogP contribution in [0.15, 0.2) is 39.5 Å². The van der Waals surface area contributed by atoms with Crippen LogP contribution in [0.25, 0.3) is 22.3 Å². The Bertz CT molecular complexity index is 1250. The van der Waals surface area contributed by atoms with Crippen LogP contribution in [0, 0.1) is 0 Å². The second-order valence-electron chi connectivity index (χ2n) is 8.65. The average molecular weight is 499 g/mol. The molecule has 1 aliphatic heterocycles. The van der Waals surface area contributed by atoms with Crippen molar-refractivity contribution in [2.45, 2.75) is 13.3 Å². The summed E-state index contributed by atoms with van der Waals surface area (Å²) in [6, 6.07) is 8.16. The summed E-state index contributed by atoms with van der Waals surface area (Å²) < 4.78 is 28.1. The number of nitrogens with zero attached hydrogens (tertiary/aromatic N) is 2. The van der Waals surface area contributed by atoms with E-state index in [0.717, 1.165) is 45.7 Å². The van der Waals surface area contributed by atoms with E-state index in [1.165, 1.54) is 20.3 Å². The maximum absolute atomic E-state index is 12.9. The van der Waals surface area contributed by atoms with E-state index < -0.39 is 5.43 Å². The second-order valence-corrected chi connectivity index (χ2v) is 8.65. The van der Waals surface area contributed by atoms with Gasteiger partial charge in [-0.15, -0.1) is 0 Å². The minimum Gasteiger partial charge on any atom is -0.504 e. The molecular formula is C27H34N2O7.